The van der Waals surface area contributed by atoms with Gasteiger partial charge in [0.2, 0.25) is 112 Å². The Balaban J connectivity index is 1.80. The summed E-state index contributed by atoms with van der Waals surface area (Å²) in [6.07, 6.45) is -2.57. The van der Waals surface area contributed by atoms with Crippen LogP contribution in [0, 0.1) is 23.7 Å². The lowest BCUT2D eigenvalue weighted by Gasteiger charge is -2.30. The van der Waals surface area contributed by atoms with Crippen LogP contribution in [0.1, 0.15) is 152 Å². The smallest absolute Gasteiger partial charge is 0.326 e. The van der Waals surface area contributed by atoms with Gasteiger partial charge in [0, 0.05) is 39.1 Å². The van der Waals surface area contributed by atoms with E-state index in [4.69, 9.17) is 22.9 Å². The second-order valence-corrected chi connectivity index (χ2v) is 36.0. The van der Waals surface area contributed by atoms with E-state index in [-0.39, 0.29) is 96.3 Å². The second-order valence-electron chi connectivity index (χ2n) is 36.0. The van der Waals surface area contributed by atoms with Crippen molar-refractivity contribution in [3.63, 3.8) is 0 Å². The standard InChI is InChI=1S/C87H144N26O31/c1-40(2)31-53(73(129)99-50(17-12-26-92-85(89)142)70(126)104-57(38-117)76(132)107-58(39-118)77(133)110-65(43(7)8)83(139)113-30-16-21-60(113)84(140)141)102-69(125)51(18-13-27-93-86(90)143)100-80(136)64(42(5)6)109-67(123)44(9)98-74(130)55(36-115)106-75(131)56(37-116)105-71(127)52(19-14-28-94-87(91)144)101-81(137)66(46(11)119)111-68(124)45(10)97-72(128)54(32-47-22-24-48(120)25-23-47)103-79(135)63(41(3)4)108-62(122)34-95-61(121)33-96-78(134)59-20-15-29-112(59)82(138)49(88)35-114/h22-25,40-46,49-60,63-66,114-120H,12-21,26-39,88H2,1-11H3,(H,95,121)(H,96,134)(H,97,128)(H,98,130)(H,99,129)(H,100,136)(H,101,137)(H,102,125)(H,103,135)(H,104,126)(H,105,127)(H,106,131)(H,107,132)(H,108,122)(H,109,123)(H,110,133)(H,111,124)(H,140,141)(H3,89,92,142)(H3,90,93,143)(H3,91,94,144)/t44-,45-,46+,49-,50-,51-,52-,53-,54-,55-,56-,57-,58-,59-,60-,63-,64-,65-,66-/m0/s1. The third kappa shape index (κ3) is 42.2. The summed E-state index contributed by atoms with van der Waals surface area (Å²) >= 11 is 0. The van der Waals surface area contributed by atoms with Crippen molar-refractivity contribution < 1.29 is 151 Å². The number of carboxylic acids is 1. The Morgan fingerprint density at radius 2 is 0.681 bits per heavy atom. The monoisotopic (exact) mass is 2050 g/mol. The number of nitrogens with zero attached hydrogens (tertiary/aromatic N) is 2. The SMILES string of the molecule is CC(C)C[C@H](NC(=O)[C@H](CCCNC(N)=O)NC(=O)[C@@H](NC(=O)[C@H](C)NC(=O)[C@H](CO)NC(=O)[C@H](CO)NC(=O)[C@H](CCCNC(N)=O)NC(=O)[C@@H](NC(=O)[C@H](C)NC(=O)[C@H](Cc1ccc(O)cc1)NC(=O)[C@@H](NC(=O)CNC(=O)CNC(=O)[C@@H]1CCCN1C(=O)[C@@H](N)CO)C(C)C)[C@@H](C)O)C(C)C)C(=O)N[C@@H](CCCNC(N)=O)C(=O)N[C@@H](CO)C(=O)N[C@@H](CO)C(=O)N[C@H](C(=O)N1CCC[C@H]1C(=O)O)C(C)C. The fourth-order valence-corrected chi connectivity index (χ4v) is 14.7. The summed E-state index contributed by atoms with van der Waals surface area (Å²) in [5, 5.41) is 129. The maximum Gasteiger partial charge on any atom is 0.326 e. The Kier molecular flexibility index (Phi) is 53.8. The van der Waals surface area contributed by atoms with Crippen LogP contribution in [0.2, 0.25) is 0 Å². The Hall–Kier alpha value is -14.0. The van der Waals surface area contributed by atoms with Gasteiger partial charge in [-0.1, -0.05) is 67.5 Å². The molecule has 1 aromatic rings. The quantitative estimate of drug-likeness (QED) is 0.0269. The Morgan fingerprint density at radius 1 is 0.354 bits per heavy atom. The van der Waals surface area contributed by atoms with Gasteiger partial charge in [-0.3, -0.25) is 91.1 Å². The molecule has 2 aliphatic heterocycles. The number of rotatable bonds is 62. The van der Waals surface area contributed by atoms with Crippen LogP contribution in [0.15, 0.2) is 24.3 Å². The number of hydrogen-bond donors (Lipinski definition) is 32. The van der Waals surface area contributed by atoms with E-state index in [0.29, 0.717) is 18.4 Å². The van der Waals surface area contributed by atoms with Gasteiger partial charge in [0.15, 0.2) is 0 Å². The number of hydrogen-bond acceptors (Lipinski definition) is 31. The highest BCUT2D eigenvalue weighted by molar-refractivity contribution is 6.02. The highest BCUT2D eigenvalue weighted by Gasteiger charge is 2.44. The Labute approximate surface area is 829 Å². The minimum Gasteiger partial charge on any atom is -0.508 e. The largest absolute Gasteiger partial charge is 0.508 e. The zero-order valence-electron chi connectivity index (χ0n) is 82.2. The van der Waals surface area contributed by atoms with Crippen molar-refractivity contribution in [3.8, 4) is 5.75 Å². The molecule has 2 saturated heterocycles. The third-order valence-corrected chi connectivity index (χ3v) is 22.8. The number of phenolic OH excluding ortho intramolecular Hbond substituents is 1. The van der Waals surface area contributed by atoms with E-state index in [0.717, 1.165) is 25.7 Å². The average Bonchev–Trinajstić information content (AvgIpc) is 1.58. The van der Waals surface area contributed by atoms with Crippen molar-refractivity contribution in [2.24, 2.45) is 46.6 Å². The Morgan fingerprint density at radius 3 is 1.07 bits per heavy atom. The van der Waals surface area contributed by atoms with Crippen molar-refractivity contribution in [1.29, 1.82) is 0 Å². The van der Waals surface area contributed by atoms with E-state index in [1.165, 1.54) is 56.9 Å². The maximum atomic E-state index is 14.6. The van der Waals surface area contributed by atoms with Crippen LogP contribution in [-0.2, 0) is 102 Å². The van der Waals surface area contributed by atoms with Crippen LogP contribution in [0.5, 0.6) is 5.75 Å². The number of nitrogens with one attached hydrogen (secondary N) is 20. The molecule has 57 nitrogen and oxygen atoms in total. The van der Waals surface area contributed by atoms with Gasteiger partial charge in [-0.05, 0) is 133 Å². The van der Waals surface area contributed by atoms with Gasteiger partial charge in [0.25, 0.3) is 0 Å². The minimum atomic E-state index is -2.04. The molecule has 25 amide bonds. The number of nitrogens with two attached hydrogens (primary N) is 4. The number of aliphatic hydroxyl groups excluding tert-OH is 6. The molecule has 2 heterocycles. The number of primary amides is 3. The summed E-state index contributed by atoms with van der Waals surface area (Å²) < 4.78 is 0. The summed E-state index contributed by atoms with van der Waals surface area (Å²) in [5.74, 6) is -24.1. The molecule has 0 aliphatic carbocycles. The van der Waals surface area contributed by atoms with Crippen LogP contribution < -0.4 is 129 Å². The van der Waals surface area contributed by atoms with Crippen molar-refractivity contribution in [2.75, 3.05) is 78.8 Å². The average molecular weight is 2050 g/mol. The van der Waals surface area contributed by atoms with Crippen molar-refractivity contribution in [1.82, 2.24) is 116 Å². The molecule has 144 heavy (non-hydrogen) atoms. The molecule has 0 spiro atoms. The molecular formula is C87H144N26O31. The first-order valence-corrected chi connectivity index (χ1v) is 46.9. The number of carbonyl (C=O) groups is 23. The molecule has 0 radical (unpaired) electrons. The zero-order valence-corrected chi connectivity index (χ0v) is 82.2. The van der Waals surface area contributed by atoms with Gasteiger partial charge in [-0.2, -0.15) is 0 Å². The molecular weight excluding hydrogens is 1910 g/mol. The lowest BCUT2D eigenvalue weighted by molar-refractivity contribution is -0.150. The van der Waals surface area contributed by atoms with Gasteiger partial charge in [-0.25, -0.2) is 19.2 Å². The molecule has 0 saturated carbocycles. The van der Waals surface area contributed by atoms with Gasteiger partial charge in [-0.15, -0.1) is 0 Å². The van der Waals surface area contributed by atoms with E-state index in [9.17, 15) is 151 Å². The normalized spacial score (nSPS) is 16.8. The number of likely N-dealkylation sites (tertiary alicyclic amines) is 2. The summed E-state index contributed by atoms with van der Waals surface area (Å²) in [5.41, 5.74) is 21.7. The lowest BCUT2D eigenvalue weighted by atomic mass is 10.00. The number of carboxylic acid groups (broad SMARTS) is 1. The second kappa shape index (κ2) is 62.4. The number of benzene rings is 1. The van der Waals surface area contributed by atoms with E-state index < -0.39 is 327 Å². The molecule has 1 aromatic carbocycles. The summed E-state index contributed by atoms with van der Waals surface area (Å²) in [4.78, 5) is 312. The number of aliphatic carboxylic acids is 1. The number of urea groups is 3. The molecule has 3 rings (SSSR count). The number of amides is 25. The van der Waals surface area contributed by atoms with Crippen LogP contribution in [-0.4, -0.2) is 381 Å². The van der Waals surface area contributed by atoms with Crippen LogP contribution in [0.25, 0.3) is 0 Å². The lowest BCUT2D eigenvalue weighted by Crippen LogP contribution is -2.62. The Bertz CT molecular complexity index is 4590. The third-order valence-electron chi connectivity index (χ3n) is 22.8. The van der Waals surface area contributed by atoms with Crippen LogP contribution in [0.4, 0.5) is 14.4 Å². The molecule has 0 aromatic heterocycles. The van der Waals surface area contributed by atoms with Crippen LogP contribution in [0.3, 0.4) is 0 Å². The van der Waals surface area contributed by atoms with Crippen molar-refractivity contribution >= 4 is 136 Å². The minimum absolute atomic E-state index is 0.0725. The highest BCUT2D eigenvalue weighted by atomic mass is 16.4. The van der Waals surface area contributed by atoms with E-state index in [1.54, 1.807) is 27.7 Å². The predicted octanol–water partition coefficient (Wildman–Crippen LogP) is -13.4. The first-order chi connectivity index (χ1) is 67.6. The topological polar surface area (TPSA) is 906 Å². The van der Waals surface area contributed by atoms with Gasteiger partial charge in [0.05, 0.1) is 52.2 Å². The van der Waals surface area contributed by atoms with Crippen molar-refractivity contribution in [3.05, 3.63) is 29.8 Å². The number of phenols is 1. The van der Waals surface area contributed by atoms with Crippen LogP contribution >= 0.6 is 0 Å². The maximum absolute atomic E-state index is 14.6. The number of aliphatic hydroxyl groups is 6. The molecule has 57 heteroatoms. The summed E-state index contributed by atoms with van der Waals surface area (Å²) in [6, 6.07) is -26.7. The van der Waals surface area contributed by atoms with E-state index in [1.807, 2.05) is 0 Å². The first kappa shape index (κ1) is 124. The van der Waals surface area contributed by atoms with E-state index in [2.05, 4.69) is 106 Å². The van der Waals surface area contributed by atoms with E-state index >= 15 is 0 Å². The molecule has 0 bridgehead atoms. The molecule has 2 fully saturated rings. The van der Waals surface area contributed by atoms with Gasteiger partial charge >= 0.3 is 24.1 Å². The molecule has 808 valence electrons. The van der Waals surface area contributed by atoms with Crippen molar-refractivity contribution in [2.45, 2.75) is 268 Å². The van der Waals surface area contributed by atoms with Gasteiger partial charge in [0.1, 0.15) is 115 Å². The molecule has 36 N–H and O–H groups in total. The first-order valence-electron chi connectivity index (χ1n) is 46.9. The summed E-state index contributed by atoms with van der Waals surface area (Å²) in [7, 11) is 0. The number of aromatic hydroxyl groups is 1. The van der Waals surface area contributed by atoms with Gasteiger partial charge < -0.3 is 180 Å². The summed E-state index contributed by atoms with van der Waals surface area (Å²) in [6.45, 7) is 8.56. The fourth-order valence-electron chi connectivity index (χ4n) is 14.7. The molecule has 2 aliphatic rings. The predicted molar refractivity (Wildman–Crippen MR) is 505 cm³/mol. The number of carbonyl (C=O) groups excluding carboxylic acids is 22. The molecule has 19 atom stereocenters. The zero-order chi connectivity index (χ0) is 109. The molecule has 0 unspecified atom stereocenters. The fraction of sp³-hybridized carbons (Fsp3) is 0.667. The highest BCUT2D eigenvalue weighted by Crippen LogP contribution is 2.23.